The maximum absolute atomic E-state index is 13.7. The van der Waals surface area contributed by atoms with Crippen molar-refractivity contribution >= 4 is 62.2 Å². The van der Waals surface area contributed by atoms with Gasteiger partial charge in [-0.05, 0) is 216 Å². The van der Waals surface area contributed by atoms with Gasteiger partial charge >= 0.3 is 18.3 Å². The molecule has 0 aliphatic rings. The number of alkyl halides is 6. The van der Waals surface area contributed by atoms with E-state index in [0.717, 1.165) is 85.8 Å². The van der Waals surface area contributed by atoms with Crippen molar-refractivity contribution in [2.45, 2.75) is 90.1 Å². The van der Waals surface area contributed by atoms with Crippen LogP contribution in [0.25, 0.3) is 22.5 Å². The summed E-state index contributed by atoms with van der Waals surface area (Å²) in [5.74, 6) is -2.86. The second-order valence-corrected chi connectivity index (χ2v) is 30.2. The Morgan fingerprint density at radius 3 is 1.12 bits per heavy atom. The maximum atomic E-state index is 13.7. The number of hydrogen-bond donors (Lipinski definition) is 6. The Morgan fingerprint density at radius 1 is 0.395 bits per heavy atom. The predicted molar refractivity (Wildman–Crippen MR) is 463 cm³/mol. The van der Waals surface area contributed by atoms with Crippen LogP contribution in [0, 0.1) is 0 Å². The van der Waals surface area contributed by atoms with Crippen molar-refractivity contribution in [3.8, 4) is 22.5 Å². The minimum atomic E-state index is -4.50. The van der Waals surface area contributed by atoms with E-state index in [9.17, 15) is 58.7 Å². The van der Waals surface area contributed by atoms with Crippen molar-refractivity contribution in [1.29, 1.82) is 0 Å². The summed E-state index contributed by atoms with van der Waals surface area (Å²) in [5, 5.41) is 20.4. The SMILES string of the molecule is CCN(CC)c1ccc(NC(=O)c2cccc(CCCOCCOCCOCCOCCCS(=O)(=O)c3ccc(C(=O)O)cc3)c2)c(-c2cc(C(=O)NCc3cccc(C(F)(F)F)c3)ccn2)c1.CCN(CC)c1ccc(NC(=O)c2cccc(CCCOCCOCCOCCOCCN)c2)c(-c2cc(C(=O)NCc3cccc(C(F)(F)F)c3)ccn2)c1. The molecule has 0 atom stereocenters. The highest BCUT2D eigenvalue weighted by atomic mass is 32.2. The van der Waals surface area contributed by atoms with E-state index < -0.39 is 51.1 Å². The second-order valence-electron chi connectivity index (χ2n) is 28.1. The zero-order valence-corrected chi connectivity index (χ0v) is 70.9. The number of nitrogens with two attached hydrogens (primary N) is 1. The van der Waals surface area contributed by atoms with E-state index in [1.54, 1.807) is 30.3 Å². The molecular weight excluding hydrogens is 1630 g/mol. The van der Waals surface area contributed by atoms with Crippen molar-refractivity contribution in [1.82, 2.24) is 20.6 Å². The van der Waals surface area contributed by atoms with Crippen LogP contribution in [0.1, 0.15) is 132 Å². The molecule has 0 aliphatic carbocycles. The zero-order valence-electron chi connectivity index (χ0n) is 70.1. The number of nitrogens with one attached hydrogen (secondary N) is 4. The summed E-state index contributed by atoms with van der Waals surface area (Å²) in [4.78, 5) is 78.2. The van der Waals surface area contributed by atoms with E-state index in [2.05, 4.69) is 41.0 Å². The number of amides is 4. The minimum Gasteiger partial charge on any atom is -0.478 e. The molecule has 0 fully saturated rings. The van der Waals surface area contributed by atoms with E-state index >= 15 is 0 Å². The zero-order chi connectivity index (χ0) is 89.1. The standard InChI is InChI=1S/C50H57F3N4O10S.C42H52F3N5O6/c1-3-57(4-2)42-16-19-45(44(34-42)46-33-40(20-21-54-46)47(58)55-35-37-10-6-13-41(32-37)50(51,52)53)56-48(59)39-12-5-9-36(31-39)11-7-22-64-24-26-66-28-29-67-27-25-65-23-8-30-68(62,63)43-17-14-38(15-18-43)49(60)61;1-3-50(4-2)36-13-14-38(37(29-36)39-28-34(15-17-47-39)40(51)48-30-32-9-6-12-35(27-32)42(43,44)45)49-41(52)33-11-5-8-31(26-33)10-7-18-53-20-22-55-24-25-56-23-21-54-19-16-46/h5-6,9-10,12-21,31-34H,3-4,7-8,11,22-30,35H2,1-2H3,(H,55,58)(H,56,59)(H,60,61);5-6,8-9,11-15,17,26-29H,3-4,7,10,16,18-25,30,46H2,1-2H3,(H,48,51)(H,49,52). The molecule has 32 heteroatoms. The molecule has 0 radical (unpaired) electrons. The molecule has 0 saturated carbocycles. The largest absolute Gasteiger partial charge is 0.478 e. The molecule has 2 heterocycles. The number of anilines is 4. The number of carbonyl (C=O) groups excluding carboxylic acids is 4. The quantitative estimate of drug-likeness (QED) is 0.0152. The Hall–Kier alpha value is -11.0. The minimum absolute atomic E-state index is 0.0198. The fraction of sp³-hybridized carbons (Fsp3) is 0.380. The fourth-order valence-electron chi connectivity index (χ4n) is 12.8. The summed E-state index contributed by atoms with van der Waals surface area (Å²) in [6, 6.07) is 47.0. The van der Waals surface area contributed by atoms with Gasteiger partial charge in [-0.1, -0.05) is 48.5 Å². The van der Waals surface area contributed by atoms with Gasteiger partial charge in [-0.15, -0.1) is 0 Å². The number of nitrogens with zero attached hydrogens (tertiary/aromatic N) is 4. The van der Waals surface area contributed by atoms with Crippen LogP contribution in [0.5, 0.6) is 0 Å². The molecule has 9 aromatic rings. The predicted octanol–water partition coefficient (Wildman–Crippen LogP) is 15.1. The van der Waals surface area contributed by atoms with Gasteiger partial charge in [0.25, 0.3) is 23.6 Å². The van der Waals surface area contributed by atoms with Gasteiger partial charge in [-0.2, -0.15) is 26.3 Å². The highest BCUT2D eigenvalue weighted by molar-refractivity contribution is 7.91. The Balaban J connectivity index is 0.000000313. The molecule has 2 aromatic heterocycles. The van der Waals surface area contributed by atoms with Crippen LogP contribution in [0.2, 0.25) is 0 Å². The normalized spacial score (nSPS) is 11.5. The average Bonchev–Trinajstić information content (AvgIpc) is 0.793. The Kier molecular flexibility index (Phi) is 41.2. The number of carboxylic acids is 1. The summed E-state index contributed by atoms with van der Waals surface area (Å²) in [7, 11) is -3.54. The number of ether oxygens (including phenoxy) is 8. The number of carboxylic acid groups (broad SMARTS) is 1. The molecule has 9 rings (SSSR count). The van der Waals surface area contributed by atoms with Crippen LogP contribution in [0.4, 0.5) is 49.1 Å². The lowest BCUT2D eigenvalue weighted by molar-refractivity contribution is -0.138. The summed E-state index contributed by atoms with van der Waals surface area (Å²) in [6.07, 6.45) is -2.86. The van der Waals surface area contributed by atoms with Gasteiger partial charge in [0.2, 0.25) is 0 Å². The first-order chi connectivity index (χ1) is 59.8. The number of carbonyl (C=O) groups is 5. The monoisotopic (exact) mass is 1740 g/mol. The summed E-state index contributed by atoms with van der Waals surface area (Å²) < 4.78 is 148. The summed E-state index contributed by atoms with van der Waals surface area (Å²) in [6.45, 7) is 18.3. The van der Waals surface area contributed by atoms with Crippen LogP contribution in [0.15, 0.2) is 199 Å². The van der Waals surface area contributed by atoms with Crippen LogP contribution in [-0.4, -0.2) is 197 Å². The molecule has 7 N–H and O–H groups in total. The molecule has 7 aromatic carbocycles. The number of aromatic carboxylic acids is 1. The van der Waals surface area contributed by atoms with Crippen LogP contribution in [-0.2, 0) is 86.0 Å². The molecule has 4 amide bonds. The van der Waals surface area contributed by atoms with Gasteiger partial charge in [0, 0.05) is 123 Å². The van der Waals surface area contributed by atoms with E-state index in [4.69, 9.17) is 48.7 Å². The van der Waals surface area contributed by atoms with Gasteiger partial charge in [0.15, 0.2) is 9.84 Å². The molecular formula is C92H109F6N9O16S. The van der Waals surface area contributed by atoms with Crippen molar-refractivity contribution in [3.63, 3.8) is 0 Å². The molecule has 0 unspecified atom stereocenters. The van der Waals surface area contributed by atoms with Crippen LogP contribution in [0.3, 0.4) is 0 Å². The molecule has 25 nitrogen and oxygen atoms in total. The highest BCUT2D eigenvalue weighted by Gasteiger charge is 2.32. The number of sulfone groups is 1. The van der Waals surface area contributed by atoms with Gasteiger partial charge in [-0.25, -0.2) is 13.2 Å². The molecule has 0 aliphatic heterocycles. The Morgan fingerprint density at radius 2 is 0.750 bits per heavy atom. The van der Waals surface area contributed by atoms with E-state index in [0.29, 0.717) is 175 Å². The summed E-state index contributed by atoms with van der Waals surface area (Å²) >= 11 is 0. The number of aryl methyl sites for hydroxylation is 2. The maximum Gasteiger partial charge on any atom is 0.416 e. The van der Waals surface area contributed by atoms with Gasteiger partial charge < -0.3 is 79.8 Å². The summed E-state index contributed by atoms with van der Waals surface area (Å²) in [5.41, 5.74) is 12.7. The third-order valence-corrected chi connectivity index (χ3v) is 21.1. The van der Waals surface area contributed by atoms with Gasteiger partial charge in [-0.3, -0.25) is 29.1 Å². The molecule has 0 saturated heterocycles. The lowest BCUT2D eigenvalue weighted by atomic mass is 10.0. The molecule has 0 bridgehead atoms. The first kappa shape index (κ1) is 98.4. The third-order valence-electron chi connectivity index (χ3n) is 19.3. The van der Waals surface area contributed by atoms with Crippen LogP contribution >= 0.6 is 0 Å². The first-order valence-corrected chi connectivity index (χ1v) is 42.7. The Labute approximate surface area is 719 Å². The number of halogens is 6. The lowest BCUT2D eigenvalue weighted by Crippen LogP contribution is -2.23. The first-order valence-electron chi connectivity index (χ1n) is 41.1. The number of benzene rings is 7. The average molecular weight is 1740 g/mol. The Bertz CT molecular complexity index is 4960. The second kappa shape index (κ2) is 51.9. The smallest absolute Gasteiger partial charge is 0.416 e. The molecule has 666 valence electrons. The van der Waals surface area contributed by atoms with Crippen molar-refractivity contribution < 1.29 is 102 Å². The van der Waals surface area contributed by atoms with Crippen molar-refractivity contribution in [2.24, 2.45) is 5.73 Å². The fourth-order valence-corrected chi connectivity index (χ4v) is 14.0. The van der Waals surface area contributed by atoms with Gasteiger partial charge in [0.05, 0.1) is 136 Å². The van der Waals surface area contributed by atoms with E-state index in [1.807, 2.05) is 94.4 Å². The highest BCUT2D eigenvalue weighted by Crippen LogP contribution is 2.36. The molecule has 0 spiro atoms. The topological polar surface area (TPSA) is 320 Å². The van der Waals surface area contributed by atoms with Crippen LogP contribution < -0.4 is 36.8 Å². The third kappa shape index (κ3) is 33.2. The van der Waals surface area contributed by atoms with Crippen molar-refractivity contribution in [2.75, 3.05) is 165 Å². The molecule has 124 heavy (non-hydrogen) atoms. The number of hydrogen-bond acceptors (Lipinski definition) is 20. The van der Waals surface area contributed by atoms with E-state index in [1.165, 1.54) is 73.1 Å². The number of pyridine rings is 2. The van der Waals surface area contributed by atoms with E-state index in [-0.39, 0.29) is 65.3 Å². The number of rotatable bonds is 52. The van der Waals surface area contributed by atoms with Gasteiger partial charge in [0.1, 0.15) is 0 Å². The lowest BCUT2D eigenvalue weighted by Gasteiger charge is -2.23. The van der Waals surface area contributed by atoms with Crippen molar-refractivity contribution in [3.05, 3.63) is 256 Å². The number of aromatic nitrogens is 2.